The number of piperidine rings is 1. The van der Waals surface area contributed by atoms with Crippen LogP contribution in [0.25, 0.3) is 10.9 Å². The van der Waals surface area contributed by atoms with Crippen molar-refractivity contribution in [3.05, 3.63) is 60.3 Å². The standard InChI is InChI=1S/C25H23F3N4O4S/c26-25(27,28)37(35,36)19-9-7-18(8-10-19)32-22(33)16-31(24(32)34)15-17-11-12-29-20-5-4-6-21(23(17)20)30-13-2-1-3-14-30/h4-12H,1-3,13-16H2. The van der Waals surface area contributed by atoms with E-state index in [1.807, 2.05) is 24.3 Å². The molecule has 3 aromatic rings. The maximum absolute atomic E-state index is 13.2. The molecule has 8 nitrogen and oxygen atoms in total. The van der Waals surface area contributed by atoms with E-state index >= 15 is 0 Å². The number of nitrogens with zero attached hydrogens (tertiary/aromatic N) is 4. The summed E-state index contributed by atoms with van der Waals surface area (Å²) in [6.07, 6.45) is 5.00. The summed E-state index contributed by atoms with van der Waals surface area (Å²) in [5, 5.41) is 0.910. The molecule has 2 aromatic carbocycles. The molecule has 0 bridgehead atoms. The van der Waals surface area contributed by atoms with E-state index in [4.69, 9.17) is 0 Å². The number of rotatable bonds is 5. The van der Waals surface area contributed by atoms with Gasteiger partial charge in [0.05, 0.1) is 16.1 Å². The quantitative estimate of drug-likeness (QED) is 0.450. The van der Waals surface area contributed by atoms with E-state index in [9.17, 15) is 31.2 Å². The lowest BCUT2D eigenvalue weighted by atomic mass is 10.0. The highest BCUT2D eigenvalue weighted by molar-refractivity contribution is 7.92. The minimum atomic E-state index is -5.54. The first kappa shape index (κ1) is 25.0. The number of benzene rings is 2. The second-order valence-electron chi connectivity index (χ2n) is 9.00. The van der Waals surface area contributed by atoms with Crippen molar-refractivity contribution in [2.24, 2.45) is 0 Å². The number of carbonyl (C=O) groups excluding carboxylic acids is 2. The van der Waals surface area contributed by atoms with Crippen LogP contribution in [0.5, 0.6) is 0 Å². The predicted octanol–water partition coefficient (Wildman–Crippen LogP) is 4.49. The van der Waals surface area contributed by atoms with Gasteiger partial charge in [-0.1, -0.05) is 6.07 Å². The Hall–Kier alpha value is -3.67. The summed E-state index contributed by atoms with van der Waals surface area (Å²) >= 11 is 0. The number of alkyl halides is 3. The van der Waals surface area contributed by atoms with Gasteiger partial charge >= 0.3 is 11.5 Å². The van der Waals surface area contributed by atoms with Gasteiger partial charge in [0.15, 0.2) is 0 Å². The number of urea groups is 1. The highest BCUT2D eigenvalue weighted by Crippen LogP contribution is 2.34. The van der Waals surface area contributed by atoms with E-state index in [1.54, 1.807) is 6.20 Å². The largest absolute Gasteiger partial charge is 0.501 e. The van der Waals surface area contributed by atoms with Crippen LogP contribution < -0.4 is 9.80 Å². The van der Waals surface area contributed by atoms with Crippen molar-refractivity contribution in [2.45, 2.75) is 36.2 Å². The van der Waals surface area contributed by atoms with Gasteiger partial charge in [0.1, 0.15) is 6.54 Å². The van der Waals surface area contributed by atoms with Crippen molar-refractivity contribution in [1.29, 1.82) is 0 Å². The van der Waals surface area contributed by atoms with Crippen molar-refractivity contribution >= 4 is 44.1 Å². The van der Waals surface area contributed by atoms with Gasteiger partial charge in [-0.25, -0.2) is 18.1 Å². The number of aromatic nitrogens is 1. The molecule has 0 radical (unpaired) electrons. The van der Waals surface area contributed by atoms with E-state index in [0.717, 1.165) is 77.3 Å². The zero-order chi connectivity index (χ0) is 26.4. The monoisotopic (exact) mass is 532 g/mol. The zero-order valence-corrected chi connectivity index (χ0v) is 20.4. The molecule has 0 N–H and O–H groups in total. The van der Waals surface area contributed by atoms with Crippen LogP contribution in [0, 0.1) is 0 Å². The zero-order valence-electron chi connectivity index (χ0n) is 19.6. The van der Waals surface area contributed by atoms with Gasteiger partial charge < -0.3 is 9.80 Å². The van der Waals surface area contributed by atoms with E-state index in [-0.39, 0.29) is 18.8 Å². The van der Waals surface area contributed by atoms with Crippen molar-refractivity contribution in [3.8, 4) is 0 Å². The Morgan fingerprint density at radius 2 is 1.62 bits per heavy atom. The molecule has 0 unspecified atom stereocenters. The minimum absolute atomic E-state index is 0.00721. The van der Waals surface area contributed by atoms with Gasteiger partial charge in [-0.15, -0.1) is 0 Å². The molecule has 0 saturated carbocycles. The summed E-state index contributed by atoms with van der Waals surface area (Å²) in [5.41, 5.74) is -2.84. The normalized spacial score (nSPS) is 17.2. The number of anilines is 2. The first-order valence-corrected chi connectivity index (χ1v) is 13.2. The number of imide groups is 1. The Morgan fingerprint density at radius 1 is 0.919 bits per heavy atom. The van der Waals surface area contributed by atoms with Crippen LogP contribution in [-0.2, 0) is 21.2 Å². The van der Waals surface area contributed by atoms with Crippen LogP contribution in [0.15, 0.2) is 59.6 Å². The Morgan fingerprint density at radius 3 is 2.30 bits per heavy atom. The number of pyridine rings is 1. The molecule has 3 heterocycles. The lowest BCUT2D eigenvalue weighted by Crippen LogP contribution is -2.33. The van der Waals surface area contributed by atoms with Crippen molar-refractivity contribution in [3.63, 3.8) is 0 Å². The van der Waals surface area contributed by atoms with E-state index in [2.05, 4.69) is 9.88 Å². The summed E-state index contributed by atoms with van der Waals surface area (Å²) in [4.78, 5) is 34.0. The highest BCUT2D eigenvalue weighted by atomic mass is 32.2. The third-order valence-electron chi connectivity index (χ3n) is 6.64. The first-order chi connectivity index (χ1) is 17.6. The van der Waals surface area contributed by atoms with Crippen LogP contribution in [0.3, 0.4) is 0 Å². The SMILES string of the molecule is O=C1CN(Cc2ccnc3cccc(N4CCCCC4)c23)C(=O)N1c1ccc(S(=O)(=O)C(F)(F)F)cc1. The number of hydrogen-bond acceptors (Lipinski definition) is 6. The lowest BCUT2D eigenvalue weighted by molar-refractivity contribution is -0.116. The molecule has 12 heteroatoms. The molecular weight excluding hydrogens is 509 g/mol. The summed E-state index contributed by atoms with van der Waals surface area (Å²) < 4.78 is 61.8. The smallest absolute Gasteiger partial charge is 0.371 e. The number of fused-ring (bicyclic) bond motifs is 1. The van der Waals surface area contributed by atoms with Gasteiger partial charge in [0.2, 0.25) is 0 Å². The molecule has 5 rings (SSSR count). The molecule has 2 aliphatic heterocycles. The first-order valence-electron chi connectivity index (χ1n) is 11.7. The molecule has 3 amide bonds. The summed E-state index contributed by atoms with van der Waals surface area (Å²) in [7, 11) is -5.54. The van der Waals surface area contributed by atoms with Gasteiger partial charge in [-0.05, 0) is 67.3 Å². The number of carbonyl (C=O) groups is 2. The van der Waals surface area contributed by atoms with E-state index in [0.29, 0.717) is 0 Å². The number of halogens is 3. The summed E-state index contributed by atoms with van der Waals surface area (Å²) in [5.74, 6) is -0.564. The molecule has 194 valence electrons. The second kappa shape index (κ2) is 9.33. The molecule has 0 atom stereocenters. The molecule has 2 aliphatic rings. The Bertz CT molecular complexity index is 1460. The molecule has 2 fully saturated rings. The van der Waals surface area contributed by atoms with Crippen LogP contribution in [0.2, 0.25) is 0 Å². The summed E-state index contributed by atoms with van der Waals surface area (Å²) in [6, 6.07) is 10.6. The van der Waals surface area contributed by atoms with Gasteiger partial charge in [0, 0.05) is 36.9 Å². The number of amides is 3. The fourth-order valence-electron chi connectivity index (χ4n) is 4.83. The third kappa shape index (κ3) is 4.50. The third-order valence-corrected chi connectivity index (χ3v) is 8.14. The Kier molecular flexibility index (Phi) is 6.30. The molecule has 0 aliphatic carbocycles. The fourth-order valence-corrected chi connectivity index (χ4v) is 5.59. The van der Waals surface area contributed by atoms with Crippen LogP contribution in [-0.4, -0.2) is 55.4 Å². The minimum Gasteiger partial charge on any atom is -0.371 e. The van der Waals surface area contributed by atoms with Crippen molar-refractivity contribution < 1.29 is 31.2 Å². The van der Waals surface area contributed by atoms with Crippen molar-refractivity contribution in [1.82, 2.24) is 9.88 Å². The van der Waals surface area contributed by atoms with Crippen LogP contribution >= 0.6 is 0 Å². The predicted molar refractivity (Wildman–Crippen MR) is 131 cm³/mol. The molecule has 2 saturated heterocycles. The maximum Gasteiger partial charge on any atom is 0.501 e. The molecule has 1 aromatic heterocycles. The number of sulfone groups is 1. The average Bonchev–Trinajstić information content (AvgIpc) is 3.16. The van der Waals surface area contributed by atoms with E-state index in [1.165, 1.54) is 11.3 Å². The fraction of sp³-hybridized carbons (Fsp3) is 0.320. The van der Waals surface area contributed by atoms with Crippen LogP contribution in [0.4, 0.5) is 29.3 Å². The topological polar surface area (TPSA) is 90.9 Å². The van der Waals surface area contributed by atoms with E-state index < -0.39 is 32.2 Å². The number of hydrogen-bond donors (Lipinski definition) is 0. The maximum atomic E-state index is 13.2. The lowest BCUT2D eigenvalue weighted by Gasteiger charge is -2.30. The second-order valence-corrected chi connectivity index (χ2v) is 10.9. The molecule has 0 spiro atoms. The average molecular weight is 533 g/mol. The Balaban J connectivity index is 1.42. The molecular formula is C25H23F3N4O4S. The van der Waals surface area contributed by atoms with Gasteiger partial charge in [-0.2, -0.15) is 13.2 Å². The van der Waals surface area contributed by atoms with Gasteiger partial charge in [0.25, 0.3) is 15.7 Å². The van der Waals surface area contributed by atoms with Gasteiger partial charge in [-0.3, -0.25) is 9.78 Å². The summed E-state index contributed by atoms with van der Waals surface area (Å²) in [6.45, 7) is 1.74. The highest BCUT2D eigenvalue weighted by Gasteiger charge is 2.47. The Labute approximate surface area is 211 Å². The van der Waals surface area contributed by atoms with Crippen LogP contribution in [0.1, 0.15) is 24.8 Å². The molecule has 37 heavy (non-hydrogen) atoms. The van der Waals surface area contributed by atoms with Crippen molar-refractivity contribution in [2.75, 3.05) is 29.4 Å².